The number of hydrogen-bond donors (Lipinski definition) is 1. The molecule has 0 saturated carbocycles. The Bertz CT molecular complexity index is 624. The Morgan fingerprint density at radius 3 is 2.71 bits per heavy atom. The van der Waals surface area contributed by atoms with Crippen LogP contribution in [0, 0.1) is 11.2 Å². The highest BCUT2D eigenvalue weighted by Crippen LogP contribution is 2.31. The molecule has 7 heteroatoms. The lowest BCUT2D eigenvalue weighted by molar-refractivity contribution is 0.00755. The van der Waals surface area contributed by atoms with Gasteiger partial charge in [0.25, 0.3) is 0 Å². The van der Waals surface area contributed by atoms with E-state index in [2.05, 4.69) is 10.1 Å². The van der Waals surface area contributed by atoms with Gasteiger partial charge in [-0.05, 0) is 30.4 Å². The lowest BCUT2D eigenvalue weighted by atomic mass is 9.83. The molecule has 0 bridgehead atoms. The van der Waals surface area contributed by atoms with E-state index < -0.39 is 11.9 Å². The molecule has 24 heavy (non-hydrogen) atoms. The number of para-hydroxylation sites is 1. The van der Waals surface area contributed by atoms with E-state index in [1.54, 1.807) is 17.1 Å². The van der Waals surface area contributed by atoms with Gasteiger partial charge in [0.2, 0.25) is 0 Å². The summed E-state index contributed by atoms with van der Waals surface area (Å²) in [4.78, 5) is 3.95. The molecule has 0 aliphatic rings. The van der Waals surface area contributed by atoms with E-state index in [0.29, 0.717) is 19.4 Å². The van der Waals surface area contributed by atoms with Crippen molar-refractivity contribution in [3.63, 3.8) is 0 Å². The minimum atomic E-state index is -0.601. The summed E-state index contributed by atoms with van der Waals surface area (Å²) in [6.07, 6.45) is 3.67. The second kappa shape index (κ2) is 7.94. The van der Waals surface area contributed by atoms with Crippen molar-refractivity contribution in [3.05, 3.63) is 41.7 Å². The van der Waals surface area contributed by atoms with Gasteiger partial charge in [0.05, 0.1) is 23.8 Å². The Morgan fingerprint density at radius 1 is 1.38 bits per heavy atom. The zero-order valence-electron chi connectivity index (χ0n) is 14.1. The van der Waals surface area contributed by atoms with Crippen molar-refractivity contribution in [1.29, 1.82) is 0 Å². The van der Waals surface area contributed by atoms with Crippen LogP contribution in [0.3, 0.4) is 0 Å². The van der Waals surface area contributed by atoms with Crippen LogP contribution in [-0.4, -0.2) is 32.6 Å². The largest absolute Gasteiger partial charge is 0.489 e. The molecule has 2 atom stereocenters. The number of halogens is 2. The summed E-state index contributed by atoms with van der Waals surface area (Å²) in [6.45, 7) is 6.20. The van der Waals surface area contributed by atoms with Crippen molar-refractivity contribution in [3.8, 4) is 5.75 Å². The molecular formula is C17H23ClFN3O2. The van der Waals surface area contributed by atoms with Gasteiger partial charge < -0.3 is 9.84 Å². The van der Waals surface area contributed by atoms with E-state index in [-0.39, 0.29) is 22.2 Å². The number of nitrogens with zero attached hydrogens (tertiary/aromatic N) is 3. The Morgan fingerprint density at radius 2 is 2.12 bits per heavy atom. The zero-order valence-corrected chi connectivity index (χ0v) is 14.9. The maximum absolute atomic E-state index is 13.7. The highest BCUT2D eigenvalue weighted by Gasteiger charge is 2.31. The fraction of sp³-hybridized carbons (Fsp3) is 0.529. The first-order valence-corrected chi connectivity index (χ1v) is 8.27. The SMILES string of the molecule is CC(C)(C)C(O)C(CCCOc1c(F)cccc1Cl)n1cncn1. The van der Waals surface area contributed by atoms with E-state index in [4.69, 9.17) is 16.3 Å². The Balaban J connectivity index is 1.96. The molecule has 1 N–H and O–H groups in total. The molecule has 0 fully saturated rings. The van der Waals surface area contributed by atoms with E-state index in [9.17, 15) is 9.50 Å². The van der Waals surface area contributed by atoms with Gasteiger partial charge in [0.15, 0.2) is 11.6 Å². The zero-order chi connectivity index (χ0) is 17.7. The van der Waals surface area contributed by atoms with Gasteiger partial charge in [-0.2, -0.15) is 5.10 Å². The number of benzene rings is 1. The molecule has 1 heterocycles. The highest BCUT2D eigenvalue weighted by atomic mass is 35.5. The Labute approximate surface area is 146 Å². The summed E-state index contributed by atoms with van der Waals surface area (Å²) in [6, 6.07) is 4.20. The molecule has 0 aliphatic heterocycles. The fourth-order valence-corrected chi connectivity index (χ4v) is 2.71. The molecule has 0 radical (unpaired) electrons. The number of aliphatic hydroxyl groups excluding tert-OH is 1. The average Bonchev–Trinajstić information content (AvgIpc) is 3.02. The number of ether oxygens (including phenoxy) is 1. The first kappa shape index (κ1) is 18.7. The van der Waals surface area contributed by atoms with Gasteiger partial charge >= 0.3 is 0 Å². The Hall–Kier alpha value is -1.66. The molecule has 0 amide bonds. The lowest BCUT2D eigenvalue weighted by Gasteiger charge is -2.33. The van der Waals surface area contributed by atoms with E-state index in [1.807, 2.05) is 20.8 Å². The molecule has 1 aromatic carbocycles. The van der Waals surface area contributed by atoms with Crippen LogP contribution >= 0.6 is 11.6 Å². The van der Waals surface area contributed by atoms with Crippen LogP contribution in [0.5, 0.6) is 5.75 Å². The van der Waals surface area contributed by atoms with Gasteiger partial charge in [0, 0.05) is 0 Å². The third-order valence-electron chi connectivity index (χ3n) is 3.84. The standard InChI is InChI=1S/C17H23ClFN3O2/c1-17(2,3)16(23)14(22-11-20-10-21-22)8-5-9-24-15-12(18)6-4-7-13(15)19/h4,6-7,10-11,14,16,23H,5,8-9H2,1-3H3. The summed E-state index contributed by atoms with van der Waals surface area (Å²) in [5.41, 5.74) is -0.299. The van der Waals surface area contributed by atoms with Crippen LogP contribution in [0.15, 0.2) is 30.9 Å². The molecule has 1 aromatic heterocycles. The fourth-order valence-electron chi connectivity index (χ4n) is 2.49. The van der Waals surface area contributed by atoms with Gasteiger partial charge in [-0.15, -0.1) is 0 Å². The number of hydrogen-bond acceptors (Lipinski definition) is 4. The van der Waals surface area contributed by atoms with Gasteiger partial charge in [-0.1, -0.05) is 38.4 Å². The molecule has 0 saturated heterocycles. The molecule has 2 unspecified atom stereocenters. The molecule has 0 spiro atoms. The number of aromatic nitrogens is 3. The summed E-state index contributed by atoms with van der Waals surface area (Å²) in [7, 11) is 0. The van der Waals surface area contributed by atoms with Crippen molar-refractivity contribution in [2.45, 2.75) is 45.8 Å². The van der Waals surface area contributed by atoms with Crippen LogP contribution < -0.4 is 4.74 Å². The maximum atomic E-state index is 13.7. The van der Waals surface area contributed by atoms with Crippen molar-refractivity contribution >= 4 is 11.6 Å². The summed E-state index contributed by atoms with van der Waals surface area (Å²) >= 11 is 5.94. The molecular weight excluding hydrogens is 333 g/mol. The van der Waals surface area contributed by atoms with E-state index in [1.165, 1.54) is 18.5 Å². The molecule has 0 aliphatic carbocycles. The lowest BCUT2D eigenvalue weighted by Crippen LogP contribution is -2.36. The topological polar surface area (TPSA) is 60.2 Å². The van der Waals surface area contributed by atoms with Gasteiger partial charge in [-0.25, -0.2) is 14.1 Å². The second-order valence-electron chi connectivity index (χ2n) is 6.80. The highest BCUT2D eigenvalue weighted by molar-refractivity contribution is 6.32. The van der Waals surface area contributed by atoms with Crippen LogP contribution in [0.1, 0.15) is 39.7 Å². The van der Waals surface area contributed by atoms with E-state index in [0.717, 1.165) is 0 Å². The average molecular weight is 356 g/mol. The third kappa shape index (κ3) is 4.68. The number of aliphatic hydroxyl groups is 1. The van der Waals surface area contributed by atoms with Crippen molar-refractivity contribution < 1.29 is 14.2 Å². The molecule has 132 valence electrons. The molecule has 2 aromatic rings. The smallest absolute Gasteiger partial charge is 0.173 e. The van der Waals surface area contributed by atoms with Gasteiger partial charge in [0.1, 0.15) is 12.7 Å². The third-order valence-corrected chi connectivity index (χ3v) is 4.14. The Kier molecular flexibility index (Phi) is 6.18. The van der Waals surface area contributed by atoms with Crippen LogP contribution in [0.2, 0.25) is 5.02 Å². The maximum Gasteiger partial charge on any atom is 0.173 e. The molecule has 2 rings (SSSR count). The van der Waals surface area contributed by atoms with Crippen LogP contribution in [-0.2, 0) is 0 Å². The van der Waals surface area contributed by atoms with Crippen LogP contribution in [0.4, 0.5) is 4.39 Å². The quantitative estimate of drug-likeness (QED) is 0.766. The normalized spacial score (nSPS) is 14.4. The summed E-state index contributed by atoms with van der Waals surface area (Å²) in [5.74, 6) is -0.419. The summed E-state index contributed by atoms with van der Waals surface area (Å²) in [5, 5.41) is 15.0. The second-order valence-corrected chi connectivity index (χ2v) is 7.20. The van der Waals surface area contributed by atoms with Gasteiger partial charge in [-0.3, -0.25) is 0 Å². The minimum absolute atomic E-state index is 0.0628. The minimum Gasteiger partial charge on any atom is -0.489 e. The summed E-state index contributed by atoms with van der Waals surface area (Å²) < 4.78 is 20.8. The number of rotatable bonds is 7. The van der Waals surface area contributed by atoms with E-state index >= 15 is 0 Å². The van der Waals surface area contributed by atoms with Crippen molar-refractivity contribution in [2.24, 2.45) is 5.41 Å². The molecule has 5 nitrogen and oxygen atoms in total. The van der Waals surface area contributed by atoms with Crippen molar-refractivity contribution in [2.75, 3.05) is 6.61 Å². The van der Waals surface area contributed by atoms with Crippen LogP contribution in [0.25, 0.3) is 0 Å². The first-order valence-electron chi connectivity index (χ1n) is 7.89. The monoisotopic (exact) mass is 355 g/mol. The predicted molar refractivity (Wildman–Crippen MR) is 90.7 cm³/mol. The predicted octanol–water partition coefficient (Wildman–Crippen LogP) is 3.88. The first-order chi connectivity index (χ1) is 11.3. The van der Waals surface area contributed by atoms with Crippen molar-refractivity contribution in [1.82, 2.24) is 14.8 Å².